The molecule has 8 heteroatoms. The van der Waals surface area contributed by atoms with Crippen LogP contribution in [-0.2, 0) is 14.6 Å². The number of pyridine rings is 1. The fraction of sp³-hybridized carbons (Fsp3) is 0.571. The van der Waals surface area contributed by atoms with Crippen LogP contribution < -0.4 is 0 Å². The second-order valence-electron chi connectivity index (χ2n) is 6.18. The third-order valence-corrected chi connectivity index (χ3v) is 5.73. The van der Waals surface area contributed by atoms with Crippen LogP contribution in [-0.4, -0.2) is 48.3 Å². The van der Waals surface area contributed by atoms with Crippen molar-refractivity contribution < 1.29 is 17.9 Å². The molecule has 0 spiro atoms. The molecule has 1 amide bonds. The summed E-state index contributed by atoms with van der Waals surface area (Å²) in [5, 5.41) is -0.625. The van der Waals surface area contributed by atoms with E-state index in [1.54, 1.807) is 32.9 Å². The van der Waals surface area contributed by atoms with Gasteiger partial charge < -0.3 is 9.64 Å². The van der Waals surface area contributed by atoms with Gasteiger partial charge in [-0.25, -0.2) is 18.2 Å². The number of hydrogen-bond acceptors (Lipinski definition) is 5. The van der Waals surface area contributed by atoms with Crippen molar-refractivity contribution in [3.63, 3.8) is 0 Å². The van der Waals surface area contributed by atoms with Gasteiger partial charge in [-0.2, -0.15) is 0 Å². The number of amides is 1. The predicted molar refractivity (Wildman–Crippen MR) is 85.3 cm³/mol. The third-order valence-electron chi connectivity index (χ3n) is 3.22. The fourth-order valence-corrected chi connectivity index (χ4v) is 4.28. The van der Waals surface area contributed by atoms with Crippen LogP contribution in [0.2, 0.25) is 0 Å². The van der Waals surface area contributed by atoms with Gasteiger partial charge in [0.15, 0.2) is 14.9 Å². The maximum atomic E-state index is 12.6. The van der Waals surface area contributed by atoms with Crippen molar-refractivity contribution in [1.82, 2.24) is 9.88 Å². The number of sulfone groups is 1. The molecule has 1 aliphatic rings. The largest absolute Gasteiger partial charge is 0.444 e. The monoisotopic (exact) mass is 390 g/mol. The van der Waals surface area contributed by atoms with E-state index in [9.17, 15) is 13.2 Å². The van der Waals surface area contributed by atoms with Crippen LogP contribution in [0, 0.1) is 0 Å². The van der Waals surface area contributed by atoms with E-state index in [0.29, 0.717) is 17.6 Å². The summed E-state index contributed by atoms with van der Waals surface area (Å²) >= 11 is 3.17. The molecule has 1 aromatic rings. The Kier molecular flexibility index (Phi) is 4.81. The van der Waals surface area contributed by atoms with Crippen molar-refractivity contribution in [3.8, 4) is 0 Å². The lowest BCUT2D eigenvalue weighted by atomic mass is 10.2. The first-order valence-corrected chi connectivity index (χ1v) is 9.28. The summed E-state index contributed by atoms with van der Waals surface area (Å²) in [4.78, 5) is 17.5. The van der Waals surface area contributed by atoms with Gasteiger partial charge in [0.25, 0.3) is 0 Å². The highest BCUT2D eigenvalue weighted by molar-refractivity contribution is 9.10. The number of ether oxygens (including phenoxy) is 1. The van der Waals surface area contributed by atoms with Gasteiger partial charge in [-0.1, -0.05) is 6.07 Å². The third kappa shape index (κ3) is 3.98. The Morgan fingerprint density at radius 2 is 2.09 bits per heavy atom. The Balaban J connectivity index is 2.11. The minimum atomic E-state index is -3.56. The summed E-state index contributed by atoms with van der Waals surface area (Å²) in [6.45, 7) is 5.83. The molecule has 2 rings (SSSR count). The van der Waals surface area contributed by atoms with Crippen molar-refractivity contribution in [2.75, 3.05) is 13.1 Å². The molecule has 122 valence electrons. The molecule has 1 fully saturated rings. The lowest BCUT2D eigenvalue weighted by molar-refractivity contribution is 0.0295. The van der Waals surface area contributed by atoms with Crippen LogP contribution in [0.5, 0.6) is 0 Å². The zero-order chi connectivity index (χ0) is 16.5. The molecule has 0 bridgehead atoms. The van der Waals surface area contributed by atoms with Gasteiger partial charge in [-0.3, -0.25) is 0 Å². The highest BCUT2D eigenvalue weighted by atomic mass is 79.9. The molecule has 0 aromatic carbocycles. The molecule has 1 saturated heterocycles. The molecule has 1 aliphatic heterocycles. The number of carbonyl (C=O) groups is 1. The van der Waals surface area contributed by atoms with E-state index < -0.39 is 26.8 Å². The molecular formula is C14H19BrN2O4S. The minimum Gasteiger partial charge on any atom is -0.444 e. The SMILES string of the molecule is CC(C)(C)OC(=O)N1CCC(S(=O)(=O)c2cccc(Br)n2)C1. The molecule has 6 nitrogen and oxygen atoms in total. The molecule has 22 heavy (non-hydrogen) atoms. The van der Waals surface area contributed by atoms with Crippen molar-refractivity contribution in [3.05, 3.63) is 22.8 Å². The average molecular weight is 391 g/mol. The van der Waals surface area contributed by atoms with Crippen LogP contribution in [0.25, 0.3) is 0 Å². The topological polar surface area (TPSA) is 76.6 Å². The molecule has 0 aliphatic carbocycles. The molecular weight excluding hydrogens is 372 g/mol. The molecule has 1 aromatic heterocycles. The summed E-state index contributed by atoms with van der Waals surface area (Å²) < 4.78 is 30.9. The Hall–Kier alpha value is -1.15. The summed E-state index contributed by atoms with van der Waals surface area (Å²) in [6, 6.07) is 4.77. The van der Waals surface area contributed by atoms with Gasteiger partial charge in [0.1, 0.15) is 10.2 Å². The van der Waals surface area contributed by atoms with Crippen LogP contribution in [0.3, 0.4) is 0 Å². The predicted octanol–water partition coefficient (Wildman–Crippen LogP) is 2.63. The maximum absolute atomic E-state index is 12.6. The van der Waals surface area contributed by atoms with Gasteiger partial charge >= 0.3 is 6.09 Å². The van der Waals surface area contributed by atoms with Crippen LogP contribution in [0.4, 0.5) is 4.79 Å². The van der Waals surface area contributed by atoms with E-state index >= 15 is 0 Å². The van der Waals surface area contributed by atoms with E-state index in [0.717, 1.165) is 0 Å². The van der Waals surface area contributed by atoms with Crippen LogP contribution in [0.1, 0.15) is 27.2 Å². The summed E-state index contributed by atoms with van der Waals surface area (Å²) in [5.41, 5.74) is -0.597. The smallest absolute Gasteiger partial charge is 0.410 e. The van der Waals surface area contributed by atoms with Crippen LogP contribution >= 0.6 is 15.9 Å². The van der Waals surface area contributed by atoms with Crippen molar-refractivity contribution in [2.24, 2.45) is 0 Å². The summed E-state index contributed by atoms with van der Waals surface area (Å²) in [5.74, 6) is 0. The highest BCUT2D eigenvalue weighted by Crippen LogP contribution is 2.25. The molecule has 1 unspecified atom stereocenters. The normalized spacial score (nSPS) is 19.3. The number of carbonyl (C=O) groups excluding carboxylic acids is 1. The molecule has 0 N–H and O–H groups in total. The van der Waals surface area contributed by atoms with Gasteiger partial charge in [-0.15, -0.1) is 0 Å². The van der Waals surface area contributed by atoms with Gasteiger partial charge in [-0.05, 0) is 55.3 Å². The molecule has 0 saturated carbocycles. The van der Waals surface area contributed by atoms with E-state index in [2.05, 4.69) is 20.9 Å². The zero-order valence-corrected chi connectivity index (χ0v) is 15.1. The number of halogens is 1. The van der Waals surface area contributed by atoms with E-state index in [4.69, 9.17) is 4.74 Å². The number of hydrogen-bond donors (Lipinski definition) is 0. The second kappa shape index (κ2) is 6.16. The first kappa shape index (κ1) is 17.2. The second-order valence-corrected chi connectivity index (χ2v) is 9.17. The lowest BCUT2D eigenvalue weighted by Crippen LogP contribution is -2.36. The molecule has 2 heterocycles. The van der Waals surface area contributed by atoms with Gasteiger partial charge in [0.05, 0.1) is 5.25 Å². The summed E-state index contributed by atoms with van der Waals surface area (Å²) in [7, 11) is -3.56. The summed E-state index contributed by atoms with van der Waals surface area (Å²) in [6.07, 6.45) is -0.0946. The Morgan fingerprint density at radius 1 is 1.41 bits per heavy atom. The van der Waals surface area contributed by atoms with Crippen molar-refractivity contribution >= 4 is 31.9 Å². The minimum absolute atomic E-state index is 0.0258. The average Bonchev–Trinajstić information content (AvgIpc) is 2.87. The van der Waals surface area contributed by atoms with Crippen molar-refractivity contribution in [2.45, 2.75) is 43.1 Å². The van der Waals surface area contributed by atoms with Crippen molar-refractivity contribution in [1.29, 1.82) is 0 Å². The van der Waals surface area contributed by atoms with E-state index in [-0.39, 0.29) is 11.6 Å². The van der Waals surface area contributed by atoms with E-state index in [1.165, 1.54) is 11.0 Å². The Labute approximate surface area is 138 Å². The highest BCUT2D eigenvalue weighted by Gasteiger charge is 2.38. The maximum Gasteiger partial charge on any atom is 0.410 e. The fourth-order valence-electron chi connectivity index (χ4n) is 2.19. The molecule has 1 atom stereocenters. The lowest BCUT2D eigenvalue weighted by Gasteiger charge is -2.24. The standard InChI is InChI=1S/C14H19BrN2O4S/c1-14(2,3)21-13(18)17-8-7-10(9-17)22(19,20)12-6-4-5-11(15)16-12/h4-6,10H,7-9H2,1-3H3. The van der Waals surface area contributed by atoms with Crippen LogP contribution in [0.15, 0.2) is 27.8 Å². The quantitative estimate of drug-likeness (QED) is 0.725. The van der Waals surface area contributed by atoms with Gasteiger partial charge in [0.2, 0.25) is 0 Å². The first-order valence-electron chi connectivity index (χ1n) is 6.94. The first-order chi connectivity index (χ1) is 10.1. The zero-order valence-electron chi connectivity index (χ0n) is 12.7. The number of likely N-dealkylation sites (tertiary alicyclic amines) is 1. The van der Waals surface area contributed by atoms with Gasteiger partial charge in [0, 0.05) is 13.1 Å². The molecule has 0 radical (unpaired) electrons. The Bertz CT molecular complexity index is 670. The number of rotatable bonds is 2. The van der Waals surface area contributed by atoms with E-state index in [1.807, 2.05) is 0 Å². The number of aromatic nitrogens is 1. The Morgan fingerprint density at radius 3 is 2.68 bits per heavy atom. The number of nitrogens with zero attached hydrogens (tertiary/aromatic N) is 2.